The summed E-state index contributed by atoms with van der Waals surface area (Å²) >= 11 is 0. The van der Waals surface area contributed by atoms with Crippen molar-refractivity contribution in [2.24, 2.45) is 5.92 Å². The van der Waals surface area contributed by atoms with E-state index in [1.54, 1.807) is 0 Å². The fraction of sp³-hybridized carbons (Fsp3) is 0.615. The SMILES string of the molecule is C=C(C)C(=O)OCC(=O)OC1C(O)C2OC1C(C#N)C2[SH](=O)=O. The van der Waals surface area contributed by atoms with Crippen molar-refractivity contribution in [1.29, 1.82) is 5.26 Å². The number of aliphatic hydroxyl groups excluding tert-OH is 1. The zero-order chi connectivity index (χ0) is 17.3. The lowest BCUT2D eigenvalue weighted by Gasteiger charge is -2.29. The highest BCUT2D eigenvalue weighted by molar-refractivity contribution is 7.73. The lowest BCUT2D eigenvalue weighted by molar-refractivity contribution is -0.166. The molecule has 23 heavy (non-hydrogen) atoms. The Bertz CT molecular complexity index is 643. The van der Waals surface area contributed by atoms with Gasteiger partial charge in [0.1, 0.15) is 34.3 Å². The van der Waals surface area contributed by atoms with Crippen LogP contribution in [0.1, 0.15) is 6.92 Å². The molecular weight excluding hydrogens is 330 g/mol. The number of fused-ring (bicyclic) bond motifs is 2. The van der Waals surface area contributed by atoms with Gasteiger partial charge in [-0.15, -0.1) is 0 Å². The molecule has 0 spiro atoms. The fourth-order valence-corrected chi connectivity index (χ4v) is 3.65. The van der Waals surface area contributed by atoms with Gasteiger partial charge in [0.25, 0.3) is 0 Å². The van der Waals surface area contributed by atoms with Gasteiger partial charge in [0.15, 0.2) is 12.7 Å². The molecule has 2 saturated heterocycles. The Morgan fingerprint density at radius 2 is 2.04 bits per heavy atom. The largest absolute Gasteiger partial charge is 0.454 e. The molecule has 0 aromatic rings. The minimum Gasteiger partial charge on any atom is -0.454 e. The van der Waals surface area contributed by atoms with Gasteiger partial charge in [-0.05, 0) is 6.92 Å². The number of carbonyl (C=O) groups excluding carboxylic acids is 2. The predicted octanol–water partition coefficient (Wildman–Crippen LogP) is -1.72. The number of carbonyl (C=O) groups is 2. The molecule has 0 radical (unpaired) electrons. The molecule has 2 aliphatic rings. The average Bonchev–Trinajstić information content (AvgIpc) is 3.01. The molecule has 2 rings (SSSR count). The van der Waals surface area contributed by atoms with E-state index in [0.717, 1.165) is 0 Å². The van der Waals surface area contributed by atoms with Crippen molar-refractivity contribution in [2.75, 3.05) is 6.61 Å². The molecule has 6 atom stereocenters. The topological polar surface area (TPSA) is 140 Å². The van der Waals surface area contributed by atoms with Crippen molar-refractivity contribution in [1.82, 2.24) is 0 Å². The number of ether oxygens (including phenoxy) is 3. The fourth-order valence-electron chi connectivity index (χ4n) is 2.66. The van der Waals surface area contributed by atoms with Gasteiger partial charge in [0.2, 0.25) is 0 Å². The van der Waals surface area contributed by atoms with Crippen LogP contribution in [0.25, 0.3) is 0 Å². The van der Waals surface area contributed by atoms with Crippen molar-refractivity contribution < 1.29 is 37.3 Å². The van der Waals surface area contributed by atoms with E-state index in [0.29, 0.717) is 0 Å². The maximum Gasteiger partial charge on any atom is 0.344 e. The second kappa shape index (κ2) is 6.66. The van der Waals surface area contributed by atoms with E-state index < -0.39 is 64.8 Å². The van der Waals surface area contributed by atoms with E-state index in [1.165, 1.54) is 6.92 Å². The monoisotopic (exact) mass is 345 g/mol. The molecule has 10 heteroatoms. The zero-order valence-electron chi connectivity index (χ0n) is 12.1. The molecule has 2 bridgehead atoms. The molecule has 126 valence electrons. The van der Waals surface area contributed by atoms with Crippen molar-refractivity contribution in [2.45, 2.75) is 36.6 Å². The summed E-state index contributed by atoms with van der Waals surface area (Å²) in [4.78, 5) is 22.8. The molecular formula is C13H15NO8S. The van der Waals surface area contributed by atoms with E-state index in [4.69, 9.17) is 14.7 Å². The Balaban J connectivity index is 2.00. The van der Waals surface area contributed by atoms with Gasteiger partial charge in [0, 0.05) is 5.57 Å². The Labute approximate surface area is 133 Å². The molecule has 0 aromatic carbocycles. The lowest BCUT2D eigenvalue weighted by atomic mass is 9.85. The molecule has 6 unspecified atom stereocenters. The third-order valence-electron chi connectivity index (χ3n) is 3.70. The zero-order valence-corrected chi connectivity index (χ0v) is 13.0. The number of thiol groups is 1. The maximum absolute atomic E-state index is 11.7. The van der Waals surface area contributed by atoms with E-state index in [2.05, 4.69) is 11.3 Å². The van der Waals surface area contributed by atoms with Crippen LogP contribution < -0.4 is 0 Å². The van der Waals surface area contributed by atoms with Crippen LogP contribution in [0.4, 0.5) is 0 Å². The summed E-state index contributed by atoms with van der Waals surface area (Å²) < 4.78 is 37.3. The van der Waals surface area contributed by atoms with Gasteiger partial charge < -0.3 is 19.3 Å². The van der Waals surface area contributed by atoms with E-state index in [1.807, 2.05) is 6.07 Å². The van der Waals surface area contributed by atoms with Crippen LogP contribution in [0.5, 0.6) is 0 Å². The first-order chi connectivity index (χ1) is 10.8. The average molecular weight is 345 g/mol. The number of esters is 2. The molecule has 0 saturated carbocycles. The molecule has 1 N–H and O–H groups in total. The molecule has 2 heterocycles. The molecule has 2 aliphatic heterocycles. The Morgan fingerprint density at radius 1 is 1.39 bits per heavy atom. The summed E-state index contributed by atoms with van der Waals surface area (Å²) in [6.07, 6.45) is -4.73. The van der Waals surface area contributed by atoms with Crippen LogP contribution in [-0.2, 0) is 34.5 Å². The maximum atomic E-state index is 11.7. The van der Waals surface area contributed by atoms with Crippen molar-refractivity contribution in [3.8, 4) is 6.07 Å². The van der Waals surface area contributed by atoms with Gasteiger partial charge in [-0.25, -0.2) is 18.0 Å². The van der Waals surface area contributed by atoms with Crippen LogP contribution in [0, 0.1) is 17.2 Å². The van der Waals surface area contributed by atoms with Crippen molar-refractivity contribution >= 4 is 22.6 Å². The summed E-state index contributed by atoms with van der Waals surface area (Å²) in [6.45, 7) is 4.06. The molecule has 9 nitrogen and oxygen atoms in total. The predicted molar refractivity (Wildman–Crippen MR) is 73.5 cm³/mol. The first-order valence-corrected chi connectivity index (χ1v) is 7.91. The highest BCUT2D eigenvalue weighted by Gasteiger charge is 2.62. The van der Waals surface area contributed by atoms with Gasteiger partial charge in [-0.3, -0.25) is 0 Å². The quantitative estimate of drug-likeness (QED) is 0.338. The van der Waals surface area contributed by atoms with Gasteiger partial charge in [-0.1, -0.05) is 6.58 Å². The third-order valence-corrected chi connectivity index (χ3v) is 4.80. The summed E-state index contributed by atoms with van der Waals surface area (Å²) in [5.41, 5.74) is 0.104. The second-order valence-corrected chi connectivity index (χ2v) is 6.46. The van der Waals surface area contributed by atoms with Gasteiger partial charge in [0.05, 0.1) is 12.0 Å². The first kappa shape index (κ1) is 17.4. The van der Waals surface area contributed by atoms with Crippen molar-refractivity contribution in [3.63, 3.8) is 0 Å². The summed E-state index contributed by atoms with van der Waals surface area (Å²) in [7, 11) is -2.98. The molecule has 0 aromatic heterocycles. The van der Waals surface area contributed by atoms with Crippen LogP contribution in [-0.4, -0.2) is 61.7 Å². The van der Waals surface area contributed by atoms with E-state index in [9.17, 15) is 23.1 Å². The van der Waals surface area contributed by atoms with Crippen LogP contribution in [0.15, 0.2) is 12.2 Å². The van der Waals surface area contributed by atoms with E-state index >= 15 is 0 Å². The Hall–Kier alpha value is -1.96. The molecule has 2 fully saturated rings. The van der Waals surface area contributed by atoms with Crippen LogP contribution >= 0.6 is 0 Å². The van der Waals surface area contributed by atoms with Crippen LogP contribution in [0.2, 0.25) is 0 Å². The summed E-state index contributed by atoms with van der Waals surface area (Å²) in [6, 6.07) is 1.81. The number of nitriles is 1. The summed E-state index contributed by atoms with van der Waals surface area (Å²) in [5.74, 6) is -2.76. The van der Waals surface area contributed by atoms with Gasteiger partial charge >= 0.3 is 11.9 Å². The van der Waals surface area contributed by atoms with Crippen molar-refractivity contribution in [3.05, 3.63) is 12.2 Å². The smallest absolute Gasteiger partial charge is 0.344 e. The number of hydrogen-bond donors (Lipinski definition) is 2. The number of rotatable bonds is 5. The third kappa shape index (κ3) is 3.21. The van der Waals surface area contributed by atoms with Crippen LogP contribution in [0.3, 0.4) is 0 Å². The minimum atomic E-state index is -2.98. The standard InChI is InChI=1S/C13H15NO8S/c1-5(2)13(17)20-4-7(15)21-10-8(16)11-12(23(18)19)6(3-14)9(10)22-11/h6,8-12,16,23H,1,4H2,2H3. The number of aliphatic hydroxyl groups is 1. The molecule has 0 aliphatic carbocycles. The summed E-state index contributed by atoms with van der Waals surface area (Å²) in [5, 5.41) is 18.0. The lowest BCUT2D eigenvalue weighted by Crippen LogP contribution is -2.51. The Morgan fingerprint density at radius 3 is 2.57 bits per heavy atom. The highest BCUT2D eigenvalue weighted by atomic mass is 32.2. The highest BCUT2D eigenvalue weighted by Crippen LogP contribution is 2.42. The van der Waals surface area contributed by atoms with E-state index in [-0.39, 0.29) is 5.57 Å². The Kier molecular flexibility index (Phi) is 5.03. The normalized spacial score (nSPS) is 34.9. The van der Waals surface area contributed by atoms with Gasteiger partial charge in [-0.2, -0.15) is 5.26 Å². The first-order valence-electron chi connectivity index (χ1n) is 6.66. The number of hydrogen-bond acceptors (Lipinski definition) is 9. The molecule has 0 amide bonds. The minimum absolute atomic E-state index is 0.104. The second-order valence-electron chi connectivity index (χ2n) is 5.30. The number of nitrogens with zero attached hydrogens (tertiary/aromatic N) is 1.